The van der Waals surface area contributed by atoms with Gasteiger partial charge in [0.2, 0.25) is 17.6 Å². The summed E-state index contributed by atoms with van der Waals surface area (Å²) < 4.78 is 47.1. The fourth-order valence-corrected chi connectivity index (χ4v) is 2.32. The van der Waals surface area contributed by atoms with Crippen LogP contribution in [0.3, 0.4) is 0 Å². The average Bonchev–Trinajstić information content (AvgIpc) is 3.16. The van der Waals surface area contributed by atoms with E-state index in [4.69, 9.17) is 4.74 Å². The molecule has 2 aromatic rings. The largest absolute Gasteiger partial charge is 0.472 e. The summed E-state index contributed by atoms with van der Waals surface area (Å²) in [5, 5.41) is 3.28. The fraction of sp³-hybridized carbons (Fsp3) is 0.429. The van der Waals surface area contributed by atoms with Crippen molar-refractivity contribution in [1.29, 1.82) is 0 Å². The number of hydrogen-bond acceptors (Lipinski definition) is 6. The van der Waals surface area contributed by atoms with E-state index in [0.717, 1.165) is 0 Å². The third kappa shape index (κ3) is 3.47. The second-order valence-corrected chi connectivity index (χ2v) is 5.30. The van der Waals surface area contributed by atoms with E-state index in [1.165, 1.54) is 25.3 Å². The molecule has 1 aliphatic heterocycles. The predicted octanol–water partition coefficient (Wildman–Crippen LogP) is 2.15. The van der Waals surface area contributed by atoms with E-state index < -0.39 is 12.1 Å². The first-order chi connectivity index (χ1) is 11.3. The van der Waals surface area contributed by atoms with Gasteiger partial charge < -0.3 is 14.2 Å². The summed E-state index contributed by atoms with van der Waals surface area (Å²) >= 11 is 0. The summed E-state index contributed by atoms with van der Waals surface area (Å²) in [5.74, 6) is -1.31. The number of pyridine rings is 1. The van der Waals surface area contributed by atoms with Gasteiger partial charge in [0.05, 0.1) is 6.54 Å². The molecule has 1 aliphatic rings. The molecule has 0 bridgehead atoms. The molecule has 10 heteroatoms. The van der Waals surface area contributed by atoms with Crippen LogP contribution in [0.1, 0.15) is 19.2 Å². The summed E-state index contributed by atoms with van der Waals surface area (Å²) in [6.45, 7) is 2.61. The molecule has 0 saturated carbocycles. The standard InChI is InChI=1S/C14H13F3N4O3/c1-8(22)21-5-4-10(7-21)23-11-3-2-9(6-18-11)12-19-13(24-20-12)14(15,16)17/h2-3,6,10H,4-5,7H2,1H3. The number of nitrogens with zero attached hydrogens (tertiary/aromatic N) is 4. The molecular weight excluding hydrogens is 329 g/mol. The van der Waals surface area contributed by atoms with Gasteiger partial charge in [-0.05, 0) is 6.07 Å². The number of carbonyl (C=O) groups excluding carboxylic acids is 1. The highest BCUT2D eigenvalue weighted by Crippen LogP contribution is 2.29. The molecule has 128 valence electrons. The van der Waals surface area contributed by atoms with E-state index in [1.807, 2.05) is 0 Å². The van der Waals surface area contributed by atoms with Gasteiger partial charge in [-0.3, -0.25) is 4.79 Å². The molecule has 0 radical (unpaired) electrons. The van der Waals surface area contributed by atoms with Crippen molar-refractivity contribution < 1.29 is 27.2 Å². The number of hydrogen-bond donors (Lipinski definition) is 0. The highest BCUT2D eigenvalue weighted by Gasteiger charge is 2.38. The van der Waals surface area contributed by atoms with Crippen molar-refractivity contribution in [3.05, 3.63) is 24.2 Å². The van der Waals surface area contributed by atoms with Crippen LogP contribution in [0, 0.1) is 0 Å². The lowest BCUT2D eigenvalue weighted by Crippen LogP contribution is -2.28. The SMILES string of the molecule is CC(=O)N1CCC(Oc2ccc(-c3noc(C(F)(F)F)n3)cn2)C1. The Bertz CT molecular complexity index is 730. The van der Waals surface area contributed by atoms with Gasteiger partial charge in [0.15, 0.2) is 0 Å². The third-order valence-electron chi connectivity index (χ3n) is 3.54. The van der Waals surface area contributed by atoms with Gasteiger partial charge in [0.1, 0.15) is 6.10 Å². The Kier molecular flexibility index (Phi) is 4.12. The van der Waals surface area contributed by atoms with E-state index in [9.17, 15) is 18.0 Å². The van der Waals surface area contributed by atoms with Crippen molar-refractivity contribution in [2.24, 2.45) is 0 Å². The molecule has 2 aromatic heterocycles. The summed E-state index contributed by atoms with van der Waals surface area (Å²) in [6, 6.07) is 3.00. The molecule has 0 spiro atoms. The summed E-state index contributed by atoms with van der Waals surface area (Å²) in [5.41, 5.74) is 0.276. The van der Waals surface area contributed by atoms with Crippen molar-refractivity contribution in [2.75, 3.05) is 13.1 Å². The normalized spacial score (nSPS) is 18.0. The lowest BCUT2D eigenvalue weighted by molar-refractivity contribution is -0.159. The van der Waals surface area contributed by atoms with E-state index in [2.05, 4.69) is 19.6 Å². The predicted molar refractivity (Wildman–Crippen MR) is 73.8 cm³/mol. The summed E-state index contributed by atoms with van der Waals surface area (Å²) in [7, 11) is 0. The van der Waals surface area contributed by atoms with Crippen LogP contribution in [0.5, 0.6) is 5.88 Å². The Labute approximate surface area is 134 Å². The molecule has 0 aromatic carbocycles. The molecule has 3 heterocycles. The maximum atomic E-state index is 12.4. The van der Waals surface area contributed by atoms with Crippen LogP contribution in [-0.4, -0.2) is 45.1 Å². The molecule has 1 fully saturated rings. The molecule has 1 amide bonds. The summed E-state index contributed by atoms with van der Waals surface area (Å²) in [4.78, 5) is 20.3. The molecule has 7 nitrogen and oxygen atoms in total. The maximum absolute atomic E-state index is 12.4. The first kappa shape index (κ1) is 16.2. The van der Waals surface area contributed by atoms with Crippen LogP contribution < -0.4 is 4.74 Å². The molecular formula is C14H13F3N4O3. The number of carbonyl (C=O) groups is 1. The minimum absolute atomic E-state index is 0.0121. The van der Waals surface area contributed by atoms with Gasteiger partial charge in [-0.1, -0.05) is 5.16 Å². The highest BCUT2D eigenvalue weighted by molar-refractivity contribution is 5.73. The first-order valence-electron chi connectivity index (χ1n) is 7.12. The quantitative estimate of drug-likeness (QED) is 0.850. The summed E-state index contributed by atoms with van der Waals surface area (Å²) in [6.07, 6.45) is -2.84. The molecule has 0 aliphatic carbocycles. The van der Waals surface area contributed by atoms with Crippen molar-refractivity contribution in [3.8, 4) is 17.3 Å². The van der Waals surface area contributed by atoms with E-state index >= 15 is 0 Å². The van der Waals surface area contributed by atoms with Crippen molar-refractivity contribution >= 4 is 5.91 Å². The van der Waals surface area contributed by atoms with Gasteiger partial charge in [-0.2, -0.15) is 18.2 Å². The molecule has 1 unspecified atom stereocenters. The number of rotatable bonds is 3. The molecule has 3 rings (SSSR count). The minimum atomic E-state index is -4.69. The number of amides is 1. The van der Waals surface area contributed by atoms with Crippen molar-refractivity contribution in [1.82, 2.24) is 20.0 Å². The Hall–Kier alpha value is -2.65. The number of halogens is 3. The van der Waals surface area contributed by atoms with Crippen LogP contribution in [-0.2, 0) is 11.0 Å². The zero-order valence-corrected chi connectivity index (χ0v) is 12.6. The number of likely N-dealkylation sites (tertiary alicyclic amines) is 1. The average molecular weight is 342 g/mol. The highest BCUT2D eigenvalue weighted by atomic mass is 19.4. The topological polar surface area (TPSA) is 81.4 Å². The van der Waals surface area contributed by atoms with E-state index in [1.54, 1.807) is 4.90 Å². The minimum Gasteiger partial charge on any atom is -0.472 e. The molecule has 1 saturated heterocycles. The molecule has 0 N–H and O–H groups in total. The lowest BCUT2D eigenvalue weighted by Gasteiger charge is -2.14. The molecule has 24 heavy (non-hydrogen) atoms. The zero-order chi connectivity index (χ0) is 17.3. The van der Waals surface area contributed by atoms with Crippen LogP contribution in [0.15, 0.2) is 22.9 Å². The van der Waals surface area contributed by atoms with Crippen LogP contribution in [0.25, 0.3) is 11.4 Å². The number of alkyl halides is 3. The fourth-order valence-electron chi connectivity index (χ4n) is 2.32. The van der Waals surface area contributed by atoms with Gasteiger partial charge in [-0.15, -0.1) is 0 Å². The van der Waals surface area contributed by atoms with Crippen LogP contribution in [0.4, 0.5) is 13.2 Å². The lowest BCUT2D eigenvalue weighted by atomic mass is 10.2. The van der Waals surface area contributed by atoms with Gasteiger partial charge in [0.25, 0.3) is 0 Å². The second kappa shape index (κ2) is 6.10. The molecule has 1 atom stereocenters. The van der Waals surface area contributed by atoms with Gasteiger partial charge in [0, 0.05) is 37.7 Å². The zero-order valence-electron chi connectivity index (χ0n) is 12.6. The first-order valence-corrected chi connectivity index (χ1v) is 7.12. The maximum Gasteiger partial charge on any atom is 0.471 e. The van der Waals surface area contributed by atoms with Gasteiger partial charge in [-0.25, -0.2) is 4.98 Å². The monoisotopic (exact) mass is 342 g/mol. The number of aromatic nitrogens is 3. The Balaban J connectivity index is 1.66. The smallest absolute Gasteiger partial charge is 0.471 e. The van der Waals surface area contributed by atoms with Crippen LogP contribution >= 0.6 is 0 Å². The van der Waals surface area contributed by atoms with Crippen molar-refractivity contribution in [2.45, 2.75) is 25.6 Å². The third-order valence-corrected chi connectivity index (χ3v) is 3.54. The Morgan fingerprint density at radius 3 is 2.75 bits per heavy atom. The van der Waals surface area contributed by atoms with Gasteiger partial charge >= 0.3 is 12.1 Å². The second-order valence-electron chi connectivity index (χ2n) is 5.30. The van der Waals surface area contributed by atoms with Crippen LogP contribution in [0.2, 0.25) is 0 Å². The van der Waals surface area contributed by atoms with E-state index in [0.29, 0.717) is 25.4 Å². The number of ether oxygens (including phenoxy) is 1. The Morgan fingerprint density at radius 1 is 1.42 bits per heavy atom. The van der Waals surface area contributed by atoms with E-state index in [-0.39, 0.29) is 23.4 Å². The van der Waals surface area contributed by atoms with Crippen molar-refractivity contribution in [3.63, 3.8) is 0 Å². The Morgan fingerprint density at radius 2 is 2.21 bits per heavy atom.